The number of amides is 2. The van der Waals surface area contributed by atoms with Gasteiger partial charge >= 0.3 is 5.97 Å². The predicted octanol–water partition coefficient (Wildman–Crippen LogP) is -0.204. The molecule has 1 aliphatic heterocycles. The molecule has 1 heterocycles. The van der Waals surface area contributed by atoms with Gasteiger partial charge in [-0.05, 0) is 12.6 Å². The molecule has 1 radical (unpaired) electrons. The molecule has 2 amide bonds. The van der Waals surface area contributed by atoms with Gasteiger partial charge in [0, 0.05) is 12.8 Å². The van der Waals surface area contributed by atoms with E-state index in [0.29, 0.717) is 12.8 Å². The molecular formula is C8H11N2O4. The number of rotatable bonds is 3. The largest absolute Gasteiger partial charge is 0.355 e. The maximum absolute atomic E-state index is 10.1. The van der Waals surface area contributed by atoms with Crippen LogP contribution in [-0.2, 0) is 19.5 Å². The van der Waals surface area contributed by atoms with Crippen molar-refractivity contribution in [2.45, 2.75) is 25.7 Å². The average Bonchev–Trinajstić information content (AvgIpc) is 2.47. The summed E-state index contributed by atoms with van der Waals surface area (Å²) in [5, 5.41) is 18.1. The Labute approximate surface area is 80.8 Å². The molecule has 0 aromatic heterocycles. The molecule has 77 valence electrons. The van der Waals surface area contributed by atoms with E-state index in [1.54, 1.807) is 0 Å². The fourth-order valence-electron chi connectivity index (χ4n) is 0.698. The van der Waals surface area contributed by atoms with Gasteiger partial charge in [-0.15, -0.1) is 0 Å². The minimum Gasteiger partial charge on any atom is -0.313 e. The lowest BCUT2D eigenvalue weighted by molar-refractivity contribution is -0.142. The molecule has 0 unspecified atom stereocenters. The van der Waals surface area contributed by atoms with Crippen molar-refractivity contribution in [3.63, 3.8) is 0 Å². The van der Waals surface area contributed by atoms with Crippen molar-refractivity contribution in [3.8, 4) is 0 Å². The highest BCUT2D eigenvalue weighted by molar-refractivity contribution is 6.01. The Hall–Kier alpha value is -1.72. The summed E-state index contributed by atoms with van der Waals surface area (Å²) in [5.74, 6) is -1.39. The highest BCUT2D eigenvalue weighted by atomic mass is 16.4. The normalized spacial score (nSPS) is 14.0. The quantitative estimate of drug-likeness (QED) is 0.485. The lowest BCUT2D eigenvalue weighted by atomic mass is 10.3. The van der Waals surface area contributed by atoms with Crippen LogP contribution in [0.4, 0.5) is 0 Å². The van der Waals surface area contributed by atoms with E-state index in [1.165, 1.54) is 0 Å². The topological polar surface area (TPSA) is 107 Å². The first-order chi connectivity index (χ1) is 6.56. The van der Waals surface area contributed by atoms with Gasteiger partial charge in [-0.1, -0.05) is 0 Å². The molecule has 2 N–H and O–H groups in total. The summed E-state index contributed by atoms with van der Waals surface area (Å²) in [4.78, 5) is 29.8. The van der Waals surface area contributed by atoms with Crippen LogP contribution in [0.2, 0.25) is 0 Å². The zero-order chi connectivity index (χ0) is 11.0. The third kappa shape index (κ3) is 6.96. The molecule has 1 saturated heterocycles. The van der Waals surface area contributed by atoms with Crippen molar-refractivity contribution < 1.29 is 19.5 Å². The molecular weight excluding hydrogens is 188 g/mol. The second kappa shape index (κ2) is 6.76. The van der Waals surface area contributed by atoms with E-state index in [2.05, 4.69) is 5.32 Å². The summed E-state index contributed by atoms with van der Waals surface area (Å²) in [6.45, 7) is 0. The Kier molecular flexibility index (Phi) is 5.93. The smallest absolute Gasteiger partial charge is 0.313 e. The van der Waals surface area contributed by atoms with Crippen LogP contribution in [0.5, 0.6) is 0 Å². The molecule has 1 fully saturated rings. The third-order valence-electron chi connectivity index (χ3n) is 1.35. The van der Waals surface area contributed by atoms with Crippen LogP contribution in [0.1, 0.15) is 25.7 Å². The van der Waals surface area contributed by atoms with E-state index in [4.69, 9.17) is 5.41 Å². The van der Waals surface area contributed by atoms with E-state index < -0.39 is 5.97 Å². The zero-order valence-corrected chi connectivity index (χ0v) is 7.54. The Balaban J connectivity index is 0.000000241. The summed E-state index contributed by atoms with van der Waals surface area (Å²) in [5.41, 5.74) is 0. The first kappa shape index (κ1) is 12.3. The number of carbonyl (C=O) groups excluding carboxylic acids is 3. The molecule has 0 aromatic rings. The van der Waals surface area contributed by atoms with Crippen molar-refractivity contribution in [1.29, 1.82) is 5.41 Å². The zero-order valence-electron chi connectivity index (χ0n) is 7.54. The second-order valence-electron chi connectivity index (χ2n) is 2.59. The van der Waals surface area contributed by atoms with Gasteiger partial charge < -0.3 is 5.41 Å². The summed E-state index contributed by atoms with van der Waals surface area (Å²) < 4.78 is 0. The summed E-state index contributed by atoms with van der Waals surface area (Å²) in [7, 11) is 0. The molecule has 14 heavy (non-hydrogen) atoms. The first-order valence-corrected chi connectivity index (χ1v) is 4.07. The fraction of sp³-hybridized carbons (Fsp3) is 0.500. The van der Waals surface area contributed by atoms with Gasteiger partial charge in [0.05, 0.1) is 6.42 Å². The lowest BCUT2D eigenvalue weighted by Gasteiger charge is -1.79. The molecule has 1 rings (SSSR count). The third-order valence-corrected chi connectivity index (χ3v) is 1.35. The van der Waals surface area contributed by atoms with Crippen molar-refractivity contribution in [2.24, 2.45) is 0 Å². The molecule has 6 nitrogen and oxygen atoms in total. The van der Waals surface area contributed by atoms with Crippen molar-refractivity contribution in [2.75, 3.05) is 0 Å². The summed E-state index contributed by atoms with van der Waals surface area (Å²) in [6, 6.07) is 0. The first-order valence-electron chi connectivity index (χ1n) is 4.07. The van der Waals surface area contributed by atoms with Crippen LogP contribution < -0.4 is 5.32 Å². The Morgan fingerprint density at radius 2 is 1.86 bits per heavy atom. The van der Waals surface area contributed by atoms with Crippen LogP contribution in [0.3, 0.4) is 0 Å². The van der Waals surface area contributed by atoms with Crippen LogP contribution in [0.15, 0.2) is 0 Å². The van der Waals surface area contributed by atoms with Crippen molar-refractivity contribution >= 4 is 24.0 Å². The number of nitrogens with one attached hydrogen (secondary N) is 2. The van der Waals surface area contributed by atoms with Crippen LogP contribution in [0.25, 0.3) is 0 Å². The van der Waals surface area contributed by atoms with E-state index in [0.717, 1.165) is 6.21 Å². The average molecular weight is 199 g/mol. The van der Waals surface area contributed by atoms with E-state index >= 15 is 0 Å². The second-order valence-corrected chi connectivity index (χ2v) is 2.59. The maximum atomic E-state index is 10.1. The molecule has 0 atom stereocenters. The predicted molar refractivity (Wildman–Crippen MR) is 46.1 cm³/mol. The van der Waals surface area contributed by atoms with Crippen molar-refractivity contribution in [1.82, 2.24) is 5.32 Å². The van der Waals surface area contributed by atoms with Gasteiger partial charge in [-0.2, -0.15) is 0 Å². The Morgan fingerprint density at radius 1 is 1.36 bits per heavy atom. The molecule has 1 aliphatic rings. The van der Waals surface area contributed by atoms with Gasteiger partial charge in [-0.3, -0.25) is 14.9 Å². The van der Waals surface area contributed by atoms with Gasteiger partial charge in [0.25, 0.3) is 0 Å². The monoisotopic (exact) mass is 199 g/mol. The summed E-state index contributed by atoms with van der Waals surface area (Å²) >= 11 is 0. The molecule has 0 aromatic carbocycles. The molecule has 0 saturated carbocycles. The van der Waals surface area contributed by atoms with E-state index in [9.17, 15) is 19.5 Å². The molecule has 6 heteroatoms. The van der Waals surface area contributed by atoms with Gasteiger partial charge in [0.1, 0.15) is 0 Å². The number of carbonyl (C=O) groups is 3. The summed E-state index contributed by atoms with van der Waals surface area (Å²) in [6.07, 6.45) is 2.04. The minimum absolute atomic E-state index is 0.0382. The van der Waals surface area contributed by atoms with Crippen LogP contribution in [-0.4, -0.2) is 24.0 Å². The SMILES string of the molecule is N=CCCC([O])=O.O=C1CCC(=O)N1. The highest BCUT2D eigenvalue weighted by Gasteiger charge is 2.15. The fourth-order valence-corrected chi connectivity index (χ4v) is 0.698. The van der Waals surface area contributed by atoms with E-state index in [-0.39, 0.29) is 24.7 Å². The van der Waals surface area contributed by atoms with Crippen LogP contribution >= 0.6 is 0 Å². The van der Waals surface area contributed by atoms with Crippen molar-refractivity contribution in [3.05, 3.63) is 0 Å². The lowest BCUT2D eigenvalue weighted by Crippen LogP contribution is -2.18. The standard InChI is InChI=1S/C4H5NO2.C4H6NO2/c6-3-1-2-4(7)5-3;5-3-1-2-4(6)7/h1-2H2,(H,5,6,7);3,5H,1-2H2. The molecule has 0 aliphatic carbocycles. The number of hydrogen-bond donors (Lipinski definition) is 2. The number of imide groups is 1. The maximum Gasteiger partial charge on any atom is 0.355 e. The number of hydrogen-bond acceptors (Lipinski definition) is 4. The Morgan fingerprint density at radius 3 is 2.00 bits per heavy atom. The van der Waals surface area contributed by atoms with Gasteiger partial charge in [0.2, 0.25) is 11.8 Å². The van der Waals surface area contributed by atoms with Gasteiger partial charge in [0.15, 0.2) is 0 Å². The van der Waals surface area contributed by atoms with E-state index in [1.807, 2.05) is 0 Å². The Bertz CT molecular complexity index is 236. The van der Waals surface area contributed by atoms with Gasteiger partial charge in [-0.25, -0.2) is 9.90 Å². The molecule has 0 bridgehead atoms. The minimum atomic E-state index is -1.09. The molecule has 0 spiro atoms. The van der Waals surface area contributed by atoms with Crippen LogP contribution in [0, 0.1) is 5.41 Å². The highest BCUT2D eigenvalue weighted by Crippen LogP contribution is 1.95.